The Kier molecular flexibility index (Phi) is 5.08. The summed E-state index contributed by atoms with van der Waals surface area (Å²) in [5, 5.41) is 3.73. The first-order valence-electron chi connectivity index (χ1n) is 10.7. The maximum Gasteiger partial charge on any atom is 0.338 e. The third-order valence-electron chi connectivity index (χ3n) is 6.33. The molecule has 2 aliphatic heterocycles. The highest BCUT2D eigenvalue weighted by molar-refractivity contribution is 5.94. The van der Waals surface area contributed by atoms with Crippen LogP contribution >= 0.6 is 0 Å². The van der Waals surface area contributed by atoms with Crippen molar-refractivity contribution in [3.63, 3.8) is 0 Å². The van der Waals surface area contributed by atoms with Crippen LogP contribution in [0.1, 0.15) is 51.3 Å². The second-order valence-electron chi connectivity index (χ2n) is 8.63. The van der Waals surface area contributed by atoms with Crippen LogP contribution in [0.25, 0.3) is 5.69 Å². The van der Waals surface area contributed by atoms with Crippen LogP contribution in [0, 0.1) is 13.8 Å². The third kappa shape index (κ3) is 3.75. The number of carbonyl (C=O) groups excluding carboxylic acids is 1. The molecule has 0 aliphatic carbocycles. The van der Waals surface area contributed by atoms with Crippen molar-refractivity contribution >= 4 is 5.97 Å². The number of hydrogen-bond donors (Lipinski definition) is 1. The number of carbonyl (C=O) groups is 1. The zero-order chi connectivity index (χ0) is 21.5. The molecule has 7 heteroatoms. The summed E-state index contributed by atoms with van der Waals surface area (Å²) < 4.78 is 7.30. The van der Waals surface area contributed by atoms with E-state index in [9.17, 15) is 4.79 Å². The predicted octanol–water partition coefficient (Wildman–Crippen LogP) is 3.09. The molecule has 0 saturated carbocycles. The summed E-state index contributed by atoms with van der Waals surface area (Å²) in [6, 6.07) is 6.56. The van der Waals surface area contributed by atoms with Crippen LogP contribution in [0.2, 0.25) is 0 Å². The Bertz CT molecular complexity index is 1140. The van der Waals surface area contributed by atoms with Crippen LogP contribution in [0.15, 0.2) is 43.1 Å². The smallest absolute Gasteiger partial charge is 0.338 e. The number of ether oxygens (including phenoxy) is 1. The Hall–Kier alpha value is -3.03. The van der Waals surface area contributed by atoms with Gasteiger partial charge in [0.05, 0.1) is 23.3 Å². The van der Waals surface area contributed by atoms with Gasteiger partial charge in [0.15, 0.2) is 0 Å². The van der Waals surface area contributed by atoms with Crippen molar-refractivity contribution < 1.29 is 9.53 Å². The number of aromatic nitrogens is 3. The summed E-state index contributed by atoms with van der Waals surface area (Å²) >= 11 is 0. The molecule has 2 aromatic heterocycles. The molecule has 0 unspecified atom stereocenters. The number of esters is 1. The van der Waals surface area contributed by atoms with E-state index in [-0.39, 0.29) is 12.0 Å². The van der Waals surface area contributed by atoms with Crippen molar-refractivity contribution in [2.75, 3.05) is 13.1 Å². The van der Waals surface area contributed by atoms with Gasteiger partial charge in [-0.1, -0.05) is 6.07 Å². The van der Waals surface area contributed by atoms with Gasteiger partial charge in [-0.3, -0.25) is 9.88 Å². The molecule has 0 bridgehead atoms. The molecule has 0 radical (unpaired) electrons. The Labute approximate surface area is 182 Å². The van der Waals surface area contributed by atoms with E-state index in [0.29, 0.717) is 18.2 Å². The second-order valence-corrected chi connectivity index (χ2v) is 8.63. The first-order valence-corrected chi connectivity index (χ1v) is 10.7. The van der Waals surface area contributed by atoms with Crippen LogP contribution in [0.5, 0.6) is 0 Å². The van der Waals surface area contributed by atoms with Gasteiger partial charge in [0.1, 0.15) is 6.61 Å². The number of pyridine rings is 1. The number of imidazole rings is 1. The standard InChI is InChI=1S/C24H27N5O2/c1-15-8-25-7-6-23(15)29-11-18(26-14-29)10-28-9-16(2)27-22(12-28)19-4-5-20-21(17(19)3)13-31-24(20)30/h4-8,11,14,16,22,27H,9-10,12-13H2,1-3H3/t16-,22-/m0/s1. The van der Waals surface area contributed by atoms with Crippen LogP contribution < -0.4 is 5.32 Å². The average Bonchev–Trinajstić information content (AvgIpc) is 3.35. The number of piperazine rings is 1. The first-order chi connectivity index (χ1) is 15.0. The van der Waals surface area contributed by atoms with Gasteiger partial charge in [0, 0.05) is 55.9 Å². The van der Waals surface area contributed by atoms with E-state index in [2.05, 4.69) is 57.8 Å². The highest BCUT2D eigenvalue weighted by atomic mass is 16.5. The molecule has 31 heavy (non-hydrogen) atoms. The van der Waals surface area contributed by atoms with Gasteiger partial charge in [0.2, 0.25) is 0 Å². The molecule has 0 spiro atoms. The van der Waals surface area contributed by atoms with E-state index < -0.39 is 0 Å². The van der Waals surface area contributed by atoms with Gasteiger partial charge in [-0.05, 0) is 49.6 Å². The summed E-state index contributed by atoms with van der Waals surface area (Å²) in [5.41, 5.74) is 7.41. The van der Waals surface area contributed by atoms with E-state index in [0.717, 1.165) is 47.7 Å². The van der Waals surface area contributed by atoms with Gasteiger partial charge in [-0.25, -0.2) is 9.78 Å². The van der Waals surface area contributed by atoms with Gasteiger partial charge < -0.3 is 14.6 Å². The number of cyclic esters (lactones) is 1. The minimum atomic E-state index is -0.212. The van der Waals surface area contributed by atoms with Gasteiger partial charge in [-0.15, -0.1) is 0 Å². The Morgan fingerprint density at radius 3 is 2.94 bits per heavy atom. The Morgan fingerprint density at radius 1 is 1.23 bits per heavy atom. The molecule has 1 aromatic carbocycles. The summed E-state index contributed by atoms with van der Waals surface area (Å²) in [5.74, 6) is -0.212. The molecule has 3 aromatic rings. The van der Waals surface area contributed by atoms with Gasteiger partial charge in [0.25, 0.3) is 0 Å². The fourth-order valence-corrected chi connectivity index (χ4v) is 4.79. The molecule has 5 rings (SSSR count). The average molecular weight is 418 g/mol. The SMILES string of the molecule is Cc1cnccc1-n1cnc(CN2C[C@@H](c3ccc4c(c3C)COC4=O)N[C@@H](C)C2)c1. The van der Waals surface area contributed by atoms with E-state index in [1.165, 1.54) is 5.56 Å². The number of hydrogen-bond acceptors (Lipinski definition) is 6. The van der Waals surface area contributed by atoms with Crippen molar-refractivity contribution in [3.8, 4) is 5.69 Å². The number of benzene rings is 1. The highest BCUT2D eigenvalue weighted by Crippen LogP contribution is 2.31. The lowest BCUT2D eigenvalue weighted by Crippen LogP contribution is -2.50. The normalized spacial score (nSPS) is 21.2. The van der Waals surface area contributed by atoms with Crippen LogP contribution in [0.3, 0.4) is 0 Å². The van der Waals surface area contributed by atoms with Gasteiger partial charge in [-0.2, -0.15) is 0 Å². The van der Waals surface area contributed by atoms with Crippen molar-refractivity contribution in [1.29, 1.82) is 0 Å². The first kappa shape index (κ1) is 19.9. The molecule has 1 N–H and O–H groups in total. The van der Waals surface area contributed by atoms with Crippen LogP contribution in [-0.4, -0.2) is 44.5 Å². The van der Waals surface area contributed by atoms with Gasteiger partial charge >= 0.3 is 5.97 Å². The molecule has 1 fully saturated rings. The van der Waals surface area contributed by atoms with E-state index >= 15 is 0 Å². The highest BCUT2D eigenvalue weighted by Gasteiger charge is 2.30. The lowest BCUT2D eigenvalue weighted by molar-refractivity contribution is 0.0535. The minimum Gasteiger partial charge on any atom is -0.457 e. The minimum absolute atomic E-state index is 0.203. The molecule has 160 valence electrons. The zero-order valence-electron chi connectivity index (χ0n) is 18.1. The lowest BCUT2D eigenvalue weighted by atomic mass is 9.92. The van der Waals surface area contributed by atoms with Crippen molar-refractivity contribution in [3.05, 3.63) is 76.6 Å². The molecule has 2 atom stereocenters. The van der Waals surface area contributed by atoms with Crippen molar-refractivity contribution in [2.24, 2.45) is 0 Å². The molecular formula is C24H27N5O2. The number of rotatable bonds is 4. The second kappa shape index (κ2) is 7.90. The Balaban J connectivity index is 1.34. The maximum absolute atomic E-state index is 11.9. The molecule has 4 heterocycles. The fourth-order valence-electron chi connectivity index (χ4n) is 4.79. The molecule has 7 nitrogen and oxygen atoms in total. The number of nitrogens with zero attached hydrogens (tertiary/aromatic N) is 4. The Morgan fingerprint density at radius 2 is 2.10 bits per heavy atom. The van der Waals surface area contributed by atoms with Crippen molar-refractivity contribution in [2.45, 2.75) is 46.0 Å². The number of aryl methyl sites for hydroxylation is 1. The predicted molar refractivity (Wildman–Crippen MR) is 117 cm³/mol. The van der Waals surface area contributed by atoms with E-state index in [1.54, 1.807) is 0 Å². The molecule has 0 amide bonds. The topological polar surface area (TPSA) is 72.3 Å². The molecule has 2 aliphatic rings. The summed E-state index contributed by atoms with van der Waals surface area (Å²) in [6.07, 6.45) is 7.66. The quantitative estimate of drug-likeness (QED) is 0.658. The summed E-state index contributed by atoms with van der Waals surface area (Å²) in [4.78, 5) is 23.2. The number of nitrogens with one attached hydrogen (secondary N) is 1. The third-order valence-corrected chi connectivity index (χ3v) is 6.33. The van der Waals surface area contributed by atoms with E-state index in [4.69, 9.17) is 4.74 Å². The molecular weight excluding hydrogens is 390 g/mol. The molecule has 1 saturated heterocycles. The van der Waals surface area contributed by atoms with Crippen LogP contribution in [0.4, 0.5) is 0 Å². The maximum atomic E-state index is 11.9. The van der Waals surface area contributed by atoms with Crippen LogP contribution in [-0.2, 0) is 17.9 Å². The summed E-state index contributed by atoms with van der Waals surface area (Å²) in [7, 11) is 0. The largest absolute Gasteiger partial charge is 0.457 e. The fraction of sp³-hybridized carbons (Fsp3) is 0.375. The van der Waals surface area contributed by atoms with E-state index in [1.807, 2.05) is 30.9 Å². The lowest BCUT2D eigenvalue weighted by Gasteiger charge is -2.38. The zero-order valence-corrected chi connectivity index (χ0v) is 18.1. The monoisotopic (exact) mass is 417 g/mol. The number of fused-ring (bicyclic) bond motifs is 1. The van der Waals surface area contributed by atoms with Crippen molar-refractivity contribution in [1.82, 2.24) is 24.8 Å². The summed E-state index contributed by atoms with van der Waals surface area (Å²) in [6.45, 7) is 9.40.